The molecule has 1 saturated carbocycles. The summed E-state index contributed by atoms with van der Waals surface area (Å²) >= 11 is 0. The van der Waals surface area contributed by atoms with E-state index in [1.807, 2.05) is 0 Å². The fourth-order valence-corrected chi connectivity index (χ4v) is 2.00. The molecule has 0 aromatic heterocycles. The minimum absolute atomic E-state index is 0.126. The van der Waals surface area contributed by atoms with Crippen LogP contribution in [0.4, 0.5) is 0 Å². The molecule has 0 spiro atoms. The summed E-state index contributed by atoms with van der Waals surface area (Å²) in [6, 6.07) is 7.28. The molecule has 0 saturated heterocycles. The fraction of sp³-hybridized carbons (Fsp3) is 0.600. The standard InChI is InChI=1S/C15H23NO/c1-15(2,3)13-9-11(5-8-14(13)17-4)10-16-12-6-7-12/h5,8-9,12,16H,6-7,10H2,1-4H3. The van der Waals surface area contributed by atoms with Gasteiger partial charge in [-0.15, -0.1) is 0 Å². The van der Waals surface area contributed by atoms with Gasteiger partial charge in [0.1, 0.15) is 5.75 Å². The zero-order chi connectivity index (χ0) is 12.5. The first-order valence-corrected chi connectivity index (χ1v) is 6.41. The summed E-state index contributed by atoms with van der Waals surface area (Å²) in [6.45, 7) is 7.65. The average Bonchev–Trinajstić information content (AvgIpc) is 3.08. The van der Waals surface area contributed by atoms with Gasteiger partial charge in [-0.3, -0.25) is 0 Å². The zero-order valence-corrected chi connectivity index (χ0v) is 11.3. The summed E-state index contributed by atoms with van der Waals surface area (Å²) in [5, 5.41) is 3.55. The van der Waals surface area contributed by atoms with Crippen LogP contribution in [-0.4, -0.2) is 13.2 Å². The van der Waals surface area contributed by atoms with E-state index in [2.05, 4.69) is 44.3 Å². The topological polar surface area (TPSA) is 21.3 Å². The second-order valence-corrected chi connectivity index (χ2v) is 5.94. The van der Waals surface area contributed by atoms with Gasteiger partial charge in [0.05, 0.1) is 7.11 Å². The first-order chi connectivity index (χ1) is 8.00. The van der Waals surface area contributed by atoms with Crippen molar-refractivity contribution in [1.82, 2.24) is 5.32 Å². The second-order valence-electron chi connectivity index (χ2n) is 5.94. The van der Waals surface area contributed by atoms with Gasteiger partial charge in [0.15, 0.2) is 0 Å². The lowest BCUT2D eigenvalue weighted by Crippen LogP contribution is -2.17. The minimum atomic E-state index is 0.126. The van der Waals surface area contributed by atoms with Crippen LogP contribution in [0.15, 0.2) is 18.2 Å². The molecule has 0 radical (unpaired) electrons. The van der Waals surface area contributed by atoms with Crippen LogP contribution < -0.4 is 10.1 Å². The van der Waals surface area contributed by atoms with Crippen molar-refractivity contribution in [2.45, 2.75) is 51.6 Å². The molecule has 2 heteroatoms. The van der Waals surface area contributed by atoms with E-state index >= 15 is 0 Å². The van der Waals surface area contributed by atoms with E-state index in [-0.39, 0.29) is 5.41 Å². The first kappa shape index (κ1) is 12.4. The van der Waals surface area contributed by atoms with Gasteiger partial charge in [0.25, 0.3) is 0 Å². The van der Waals surface area contributed by atoms with Gasteiger partial charge in [-0.25, -0.2) is 0 Å². The SMILES string of the molecule is COc1ccc(CNC2CC2)cc1C(C)(C)C. The molecule has 0 amide bonds. The van der Waals surface area contributed by atoms with Crippen molar-refractivity contribution in [2.75, 3.05) is 7.11 Å². The predicted molar refractivity (Wildman–Crippen MR) is 71.6 cm³/mol. The Morgan fingerprint density at radius 3 is 2.53 bits per heavy atom. The molecule has 1 aromatic carbocycles. The molecule has 1 aliphatic rings. The van der Waals surface area contributed by atoms with Crippen LogP contribution in [0.2, 0.25) is 0 Å². The Labute approximate surface area is 104 Å². The predicted octanol–water partition coefficient (Wildman–Crippen LogP) is 3.24. The summed E-state index contributed by atoms with van der Waals surface area (Å²) in [5.41, 5.74) is 2.76. The Bertz CT molecular complexity index is 388. The van der Waals surface area contributed by atoms with Gasteiger partial charge in [-0.05, 0) is 35.4 Å². The van der Waals surface area contributed by atoms with E-state index in [1.54, 1.807) is 7.11 Å². The van der Waals surface area contributed by atoms with E-state index < -0.39 is 0 Å². The number of rotatable bonds is 4. The van der Waals surface area contributed by atoms with Crippen LogP contribution in [0, 0.1) is 0 Å². The Hall–Kier alpha value is -1.02. The summed E-state index contributed by atoms with van der Waals surface area (Å²) in [6.07, 6.45) is 2.67. The normalized spacial score (nSPS) is 16.0. The molecule has 0 atom stereocenters. The molecule has 0 bridgehead atoms. The van der Waals surface area contributed by atoms with Crippen molar-refractivity contribution in [3.63, 3.8) is 0 Å². The summed E-state index contributed by atoms with van der Waals surface area (Å²) in [4.78, 5) is 0. The average molecular weight is 233 g/mol. The number of methoxy groups -OCH3 is 1. The van der Waals surface area contributed by atoms with Crippen molar-refractivity contribution in [1.29, 1.82) is 0 Å². The molecule has 1 N–H and O–H groups in total. The molecule has 2 rings (SSSR count). The highest BCUT2D eigenvalue weighted by atomic mass is 16.5. The third-order valence-electron chi connectivity index (χ3n) is 3.24. The van der Waals surface area contributed by atoms with Crippen LogP contribution >= 0.6 is 0 Å². The lowest BCUT2D eigenvalue weighted by molar-refractivity contribution is 0.397. The molecule has 0 aliphatic heterocycles. The molecule has 1 aliphatic carbocycles. The van der Waals surface area contributed by atoms with Crippen molar-refractivity contribution in [3.05, 3.63) is 29.3 Å². The molecule has 1 aromatic rings. The first-order valence-electron chi connectivity index (χ1n) is 6.41. The molecule has 0 unspecified atom stereocenters. The zero-order valence-electron chi connectivity index (χ0n) is 11.3. The minimum Gasteiger partial charge on any atom is -0.496 e. The second kappa shape index (κ2) is 4.69. The molecular formula is C15H23NO. The fourth-order valence-electron chi connectivity index (χ4n) is 2.00. The molecule has 0 heterocycles. The monoisotopic (exact) mass is 233 g/mol. The van der Waals surface area contributed by atoms with Crippen LogP contribution in [0.3, 0.4) is 0 Å². The lowest BCUT2D eigenvalue weighted by atomic mass is 9.85. The quantitative estimate of drug-likeness (QED) is 0.862. The maximum absolute atomic E-state index is 5.44. The highest BCUT2D eigenvalue weighted by molar-refractivity contribution is 5.41. The molecule has 94 valence electrons. The Morgan fingerprint density at radius 1 is 1.29 bits per heavy atom. The van der Waals surface area contributed by atoms with E-state index in [1.165, 1.54) is 24.0 Å². The van der Waals surface area contributed by atoms with Crippen molar-refractivity contribution in [2.24, 2.45) is 0 Å². The van der Waals surface area contributed by atoms with Crippen molar-refractivity contribution in [3.8, 4) is 5.75 Å². The highest BCUT2D eigenvalue weighted by Crippen LogP contribution is 2.32. The highest BCUT2D eigenvalue weighted by Gasteiger charge is 2.21. The third kappa shape index (κ3) is 3.22. The van der Waals surface area contributed by atoms with Gasteiger partial charge in [-0.1, -0.05) is 32.9 Å². The summed E-state index contributed by atoms with van der Waals surface area (Å²) in [7, 11) is 1.74. The van der Waals surface area contributed by atoms with Crippen LogP contribution in [0.5, 0.6) is 5.75 Å². The Balaban J connectivity index is 2.17. The molecular weight excluding hydrogens is 210 g/mol. The van der Waals surface area contributed by atoms with Gasteiger partial charge < -0.3 is 10.1 Å². The largest absolute Gasteiger partial charge is 0.496 e. The van der Waals surface area contributed by atoms with Crippen molar-refractivity contribution < 1.29 is 4.74 Å². The van der Waals surface area contributed by atoms with E-state index in [9.17, 15) is 0 Å². The Morgan fingerprint density at radius 2 is 2.00 bits per heavy atom. The van der Waals surface area contributed by atoms with E-state index in [4.69, 9.17) is 4.74 Å². The van der Waals surface area contributed by atoms with E-state index in [0.29, 0.717) is 0 Å². The molecule has 2 nitrogen and oxygen atoms in total. The molecule has 1 fully saturated rings. The Kier molecular flexibility index (Phi) is 3.43. The van der Waals surface area contributed by atoms with Crippen LogP contribution in [0.25, 0.3) is 0 Å². The number of hydrogen-bond acceptors (Lipinski definition) is 2. The van der Waals surface area contributed by atoms with Crippen molar-refractivity contribution >= 4 is 0 Å². The number of hydrogen-bond donors (Lipinski definition) is 1. The lowest BCUT2D eigenvalue weighted by Gasteiger charge is -2.23. The number of ether oxygens (including phenoxy) is 1. The molecule has 17 heavy (non-hydrogen) atoms. The maximum Gasteiger partial charge on any atom is 0.122 e. The van der Waals surface area contributed by atoms with Gasteiger partial charge >= 0.3 is 0 Å². The number of nitrogens with one attached hydrogen (secondary N) is 1. The third-order valence-corrected chi connectivity index (χ3v) is 3.24. The number of benzene rings is 1. The van der Waals surface area contributed by atoms with Crippen LogP contribution in [0.1, 0.15) is 44.7 Å². The van der Waals surface area contributed by atoms with Gasteiger partial charge in [-0.2, -0.15) is 0 Å². The van der Waals surface area contributed by atoms with Gasteiger partial charge in [0, 0.05) is 12.6 Å². The van der Waals surface area contributed by atoms with E-state index in [0.717, 1.165) is 18.3 Å². The summed E-state index contributed by atoms with van der Waals surface area (Å²) < 4.78 is 5.44. The summed E-state index contributed by atoms with van der Waals surface area (Å²) in [5.74, 6) is 0.993. The maximum atomic E-state index is 5.44. The van der Waals surface area contributed by atoms with Gasteiger partial charge in [0.2, 0.25) is 0 Å². The smallest absolute Gasteiger partial charge is 0.122 e. The van der Waals surface area contributed by atoms with Crippen LogP contribution in [-0.2, 0) is 12.0 Å².